The third-order valence-electron chi connectivity index (χ3n) is 5.34. The fourth-order valence-corrected chi connectivity index (χ4v) is 3.96. The molecule has 0 aliphatic carbocycles. The van der Waals surface area contributed by atoms with E-state index in [1.54, 1.807) is 0 Å². The average Bonchev–Trinajstić information content (AvgIpc) is 2.63. The van der Waals surface area contributed by atoms with Gasteiger partial charge in [0.2, 0.25) is 5.96 Å². The molecule has 0 spiro atoms. The number of benzene rings is 1. The normalized spacial score (nSPS) is 20.7. The van der Waals surface area contributed by atoms with Crippen molar-refractivity contribution in [3.05, 3.63) is 39.0 Å². The molecule has 3 aliphatic rings. The number of nitrogens with zero attached hydrogens (tertiary/aromatic N) is 5. The SMILES string of the molecule is CCC1=C(C)N=C2c3cc(Cl)c(Cl)cc3N=C(N3CCN(C)CC3)N2C1. The van der Waals surface area contributed by atoms with E-state index in [2.05, 4.69) is 35.6 Å². The third kappa shape index (κ3) is 3.02. The van der Waals surface area contributed by atoms with E-state index in [1.807, 2.05) is 12.1 Å². The van der Waals surface area contributed by atoms with Gasteiger partial charge in [0.25, 0.3) is 0 Å². The van der Waals surface area contributed by atoms with Crippen LogP contribution in [0.2, 0.25) is 10.0 Å². The molecule has 3 heterocycles. The topological polar surface area (TPSA) is 34.4 Å². The zero-order valence-electron chi connectivity index (χ0n) is 15.4. The number of hydrogen-bond acceptors (Lipinski definition) is 5. The second-order valence-electron chi connectivity index (χ2n) is 7.05. The van der Waals surface area contributed by atoms with E-state index in [4.69, 9.17) is 33.2 Å². The van der Waals surface area contributed by atoms with Crippen LogP contribution in [0.3, 0.4) is 0 Å². The Morgan fingerprint density at radius 1 is 1.04 bits per heavy atom. The van der Waals surface area contributed by atoms with Gasteiger partial charge in [-0.25, -0.2) is 9.98 Å². The van der Waals surface area contributed by atoms with Gasteiger partial charge in [0.15, 0.2) is 0 Å². The Bertz CT molecular complexity index is 835. The number of allylic oxidation sites excluding steroid dienone is 1. The zero-order chi connectivity index (χ0) is 18.4. The maximum Gasteiger partial charge on any atom is 0.208 e. The Kier molecular flexibility index (Phi) is 4.71. The van der Waals surface area contributed by atoms with Gasteiger partial charge in [-0.05, 0) is 38.1 Å². The predicted molar refractivity (Wildman–Crippen MR) is 109 cm³/mol. The van der Waals surface area contributed by atoms with Crippen LogP contribution in [-0.2, 0) is 0 Å². The van der Waals surface area contributed by atoms with Gasteiger partial charge in [0.1, 0.15) is 5.84 Å². The number of aliphatic imine (C=N–C) groups is 2. The maximum atomic E-state index is 6.29. The number of likely N-dealkylation sites (N-methyl/N-ethyl adjacent to an activating group) is 1. The first-order valence-electron chi connectivity index (χ1n) is 9.04. The van der Waals surface area contributed by atoms with Crippen molar-refractivity contribution in [3.8, 4) is 0 Å². The van der Waals surface area contributed by atoms with Crippen LogP contribution in [0.5, 0.6) is 0 Å². The summed E-state index contributed by atoms with van der Waals surface area (Å²) in [6, 6.07) is 3.74. The van der Waals surface area contributed by atoms with E-state index < -0.39 is 0 Å². The van der Waals surface area contributed by atoms with Crippen LogP contribution in [0, 0.1) is 0 Å². The summed E-state index contributed by atoms with van der Waals surface area (Å²) < 4.78 is 0. The quantitative estimate of drug-likeness (QED) is 0.725. The molecule has 4 rings (SSSR count). The summed E-state index contributed by atoms with van der Waals surface area (Å²) >= 11 is 12.6. The monoisotopic (exact) mass is 391 g/mol. The molecular weight excluding hydrogens is 369 g/mol. The zero-order valence-corrected chi connectivity index (χ0v) is 16.9. The molecule has 0 amide bonds. The highest BCUT2D eigenvalue weighted by atomic mass is 35.5. The predicted octanol–water partition coefficient (Wildman–Crippen LogP) is 3.99. The maximum absolute atomic E-state index is 6.29. The average molecular weight is 392 g/mol. The van der Waals surface area contributed by atoms with Crippen LogP contribution in [0.15, 0.2) is 33.4 Å². The number of piperazine rings is 1. The summed E-state index contributed by atoms with van der Waals surface area (Å²) in [6.45, 7) is 9.07. The van der Waals surface area contributed by atoms with Crippen molar-refractivity contribution in [1.29, 1.82) is 0 Å². The van der Waals surface area contributed by atoms with Gasteiger partial charge in [-0.2, -0.15) is 0 Å². The number of guanidine groups is 1. The minimum Gasteiger partial charge on any atom is -0.340 e. The molecule has 1 saturated heterocycles. The Hall–Kier alpha value is -1.56. The molecule has 5 nitrogen and oxygen atoms in total. The second kappa shape index (κ2) is 6.87. The molecule has 1 fully saturated rings. The van der Waals surface area contributed by atoms with Gasteiger partial charge in [0, 0.05) is 37.4 Å². The molecule has 0 N–H and O–H groups in total. The Labute approximate surface area is 164 Å². The van der Waals surface area contributed by atoms with E-state index in [0.717, 1.165) is 67.9 Å². The number of rotatable bonds is 1. The molecule has 0 radical (unpaired) electrons. The standard InChI is InChI=1S/C19H23Cl2N5/c1-4-13-11-26-18(22-12(13)2)14-9-15(20)16(21)10-17(14)23-19(26)25-7-5-24(3)6-8-25/h9-10H,4-8,11H2,1-3H3. The Morgan fingerprint density at radius 3 is 2.42 bits per heavy atom. The minimum atomic E-state index is 0.526. The number of amidine groups is 1. The highest BCUT2D eigenvalue weighted by molar-refractivity contribution is 6.42. The van der Waals surface area contributed by atoms with Gasteiger partial charge in [0.05, 0.1) is 22.3 Å². The lowest BCUT2D eigenvalue weighted by Gasteiger charge is -2.42. The Morgan fingerprint density at radius 2 is 1.73 bits per heavy atom. The molecular formula is C19H23Cl2N5. The first-order valence-corrected chi connectivity index (χ1v) is 9.80. The molecule has 3 aliphatic heterocycles. The van der Waals surface area contributed by atoms with E-state index in [-0.39, 0.29) is 0 Å². The molecule has 138 valence electrons. The molecule has 0 aromatic heterocycles. The number of hydrogen-bond donors (Lipinski definition) is 0. The molecule has 1 aromatic rings. The smallest absolute Gasteiger partial charge is 0.208 e. The largest absolute Gasteiger partial charge is 0.340 e. The van der Waals surface area contributed by atoms with Gasteiger partial charge < -0.3 is 9.80 Å². The van der Waals surface area contributed by atoms with E-state index in [1.165, 1.54) is 5.57 Å². The van der Waals surface area contributed by atoms with Crippen LogP contribution in [0.4, 0.5) is 5.69 Å². The van der Waals surface area contributed by atoms with Gasteiger partial charge in [-0.15, -0.1) is 0 Å². The lowest BCUT2D eigenvalue weighted by atomic mass is 10.0. The number of halogens is 2. The fraction of sp³-hybridized carbons (Fsp3) is 0.474. The first kappa shape index (κ1) is 17.8. The highest BCUT2D eigenvalue weighted by Crippen LogP contribution is 2.37. The summed E-state index contributed by atoms with van der Waals surface area (Å²) in [7, 11) is 2.16. The summed E-state index contributed by atoms with van der Waals surface area (Å²) in [4.78, 5) is 16.8. The van der Waals surface area contributed by atoms with Crippen molar-refractivity contribution in [2.45, 2.75) is 20.3 Å². The highest BCUT2D eigenvalue weighted by Gasteiger charge is 2.34. The van der Waals surface area contributed by atoms with Gasteiger partial charge >= 0.3 is 0 Å². The molecule has 7 heteroatoms. The van der Waals surface area contributed by atoms with E-state index in [9.17, 15) is 0 Å². The number of fused-ring (bicyclic) bond motifs is 3. The Balaban J connectivity index is 1.83. The van der Waals surface area contributed by atoms with Gasteiger partial charge in [-0.1, -0.05) is 30.1 Å². The first-order chi connectivity index (χ1) is 12.5. The lowest BCUT2D eigenvalue weighted by Crippen LogP contribution is -2.56. The fourth-order valence-electron chi connectivity index (χ4n) is 3.64. The van der Waals surface area contributed by atoms with Crippen LogP contribution in [0.1, 0.15) is 25.8 Å². The van der Waals surface area contributed by atoms with Crippen molar-refractivity contribution >= 4 is 40.7 Å². The van der Waals surface area contributed by atoms with Crippen LogP contribution in [0.25, 0.3) is 0 Å². The van der Waals surface area contributed by atoms with E-state index in [0.29, 0.717) is 10.0 Å². The minimum absolute atomic E-state index is 0.526. The van der Waals surface area contributed by atoms with Crippen LogP contribution >= 0.6 is 23.2 Å². The van der Waals surface area contributed by atoms with Crippen molar-refractivity contribution in [1.82, 2.24) is 14.7 Å². The second-order valence-corrected chi connectivity index (χ2v) is 7.86. The summed E-state index contributed by atoms with van der Waals surface area (Å²) in [5, 5.41) is 1.06. The third-order valence-corrected chi connectivity index (χ3v) is 6.07. The molecule has 0 saturated carbocycles. The lowest BCUT2D eigenvalue weighted by molar-refractivity contribution is 0.205. The van der Waals surface area contributed by atoms with E-state index >= 15 is 0 Å². The molecule has 0 unspecified atom stereocenters. The van der Waals surface area contributed by atoms with Crippen molar-refractivity contribution in [2.24, 2.45) is 9.98 Å². The van der Waals surface area contributed by atoms with Crippen LogP contribution in [-0.4, -0.2) is 66.3 Å². The summed E-state index contributed by atoms with van der Waals surface area (Å²) in [6.07, 6.45) is 0.989. The van der Waals surface area contributed by atoms with Crippen molar-refractivity contribution < 1.29 is 0 Å². The molecule has 26 heavy (non-hydrogen) atoms. The summed E-state index contributed by atoms with van der Waals surface area (Å²) in [5.74, 6) is 1.90. The van der Waals surface area contributed by atoms with Crippen molar-refractivity contribution in [2.75, 3.05) is 39.8 Å². The summed E-state index contributed by atoms with van der Waals surface area (Å²) in [5.41, 5.74) is 4.23. The molecule has 0 atom stereocenters. The molecule has 0 bridgehead atoms. The van der Waals surface area contributed by atoms with Crippen molar-refractivity contribution in [3.63, 3.8) is 0 Å². The van der Waals surface area contributed by atoms with Gasteiger partial charge in [-0.3, -0.25) is 4.90 Å². The van der Waals surface area contributed by atoms with Crippen LogP contribution < -0.4 is 0 Å². The molecule has 1 aromatic carbocycles.